The predicted octanol–water partition coefficient (Wildman–Crippen LogP) is 6.59. The van der Waals surface area contributed by atoms with E-state index in [0.717, 1.165) is 68.2 Å². The third kappa shape index (κ3) is 16.4. The van der Waals surface area contributed by atoms with Gasteiger partial charge in [-0.25, -0.2) is 0 Å². The van der Waals surface area contributed by atoms with Crippen molar-refractivity contribution in [2.45, 2.75) is 125 Å². The van der Waals surface area contributed by atoms with Crippen molar-refractivity contribution < 1.29 is 46.8 Å². The van der Waals surface area contributed by atoms with Crippen molar-refractivity contribution in [1.29, 1.82) is 0 Å². The normalized spacial score (nSPS) is 13.4. The van der Waals surface area contributed by atoms with Gasteiger partial charge in [0.05, 0.1) is 0 Å². The zero-order chi connectivity index (χ0) is 34.7. The number of hydrogen-bond donors (Lipinski definition) is 2. The van der Waals surface area contributed by atoms with Crippen molar-refractivity contribution in [1.82, 2.24) is 0 Å². The fourth-order valence-electron chi connectivity index (χ4n) is 4.42. The van der Waals surface area contributed by atoms with Gasteiger partial charge in [0, 0.05) is 48.6 Å². The Kier molecular flexibility index (Phi) is 23.5. The van der Waals surface area contributed by atoms with Gasteiger partial charge in [-0.05, 0) is 104 Å². The van der Waals surface area contributed by atoms with E-state index in [2.05, 4.69) is 89.6 Å². The first-order valence-corrected chi connectivity index (χ1v) is 16.2. The molecular weight excluding hydrogens is 627 g/mol. The van der Waals surface area contributed by atoms with Crippen molar-refractivity contribution in [3.63, 3.8) is 0 Å². The summed E-state index contributed by atoms with van der Waals surface area (Å²) in [4.78, 5) is 27.0. The average molecular weight is 684 g/mol. The number of carboxylic acid groups (broad SMARTS) is 2. The summed E-state index contributed by atoms with van der Waals surface area (Å²) in [7, 11) is 0. The fraction of sp³-hybridized carbons (Fsp3) is 0.568. The van der Waals surface area contributed by atoms with E-state index in [9.17, 15) is 10.2 Å². The van der Waals surface area contributed by atoms with Gasteiger partial charge in [-0.1, -0.05) is 67.5 Å². The molecule has 8 nitrogen and oxygen atoms in total. The number of carbonyl (C=O) groups excluding carboxylic acids is 2. The Morgan fingerprint density at radius 3 is 1.20 bits per heavy atom. The minimum absolute atomic E-state index is 0. The summed E-state index contributed by atoms with van der Waals surface area (Å²) in [5.41, 5.74) is 6.17. The fourth-order valence-corrected chi connectivity index (χ4v) is 4.42. The molecule has 0 saturated heterocycles. The summed E-state index contributed by atoms with van der Waals surface area (Å²) in [6.45, 7) is 20.7. The number of carboxylic acids is 2. The number of aromatic hydroxyl groups is 2. The Labute approximate surface area is 287 Å². The van der Waals surface area contributed by atoms with E-state index in [4.69, 9.17) is 19.8 Å². The molecule has 4 atom stereocenters. The van der Waals surface area contributed by atoms with Crippen LogP contribution in [0.5, 0.6) is 11.5 Å². The van der Waals surface area contributed by atoms with Crippen molar-refractivity contribution >= 4 is 24.4 Å². The third-order valence-electron chi connectivity index (χ3n) is 8.07. The number of aliphatic carboxylic acids is 2. The average Bonchev–Trinajstić information content (AvgIpc) is 2.99. The molecule has 46 heavy (non-hydrogen) atoms. The summed E-state index contributed by atoms with van der Waals surface area (Å²) in [5, 5.41) is 39.5. The van der Waals surface area contributed by atoms with Crippen LogP contribution >= 0.6 is 0 Å². The first-order chi connectivity index (χ1) is 21.1. The number of carbonyl (C=O) groups is 2. The van der Waals surface area contributed by atoms with Crippen LogP contribution in [0.4, 0.5) is 0 Å². The Bertz CT molecular complexity index is 1160. The van der Waals surface area contributed by atoms with Crippen molar-refractivity contribution in [3.05, 3.63) is 57.6 Å². The maximum Gasteiger partial charge on any atom is 2.00 e. The number of nitrogens with zero attached hydrogens (tertiary/aromatic N) is 2. The van der Waals surface area contributed by atoms with Crippen LogP contribution in [-0.4, -0.2) is 47.7 Å². The first-order valence-electron chi connectivity index (χ1n) is 16.2. The molecule has 0 aliphatic rings. The predicted molar refractivity (Wildman–Crippen MR) is 182 cm³/mol. The summed E-state index contributed by atoms with van der Waals surface area (Å²) in [6, 6.07) is 8.50. The molecule has 0 aliphatic carbocycles. The van der Waals surface area contributed by atoms with Crippen LogP contribution in [0, 0.1) is 0 Å². The van der Waals surface area contributed by atoms with E-state index in [1.54, 1.807) is 0 Å². The maximum absolute atomic E-state index is 10.9. The van der Waals surface area contributed by atoms with Crippen LogP contribution in [0.1, 0.15) is 158 Å². The number of benzene rings is 2. The van der Waals surface area contributed by atoms with E-state index < -0.39 is 11.9 Å². The number of phenolic OH excluding ortho intramolecular Hbond substituents is 2. The maximum atomic E-state index is 10.9. The summed E-state index contributed by atoms with van der Waals surface area (Å²) < 4.78 is 0. The molecule has 1 radical (unpaired) electrons. The van der Waals surface area contributed by atoms with Gasteiger partial charge in [0.15, 0.2) is 0 Å². The molecule has 2 rings (SSSR count). The number of aliphatic imine (C=N–C) groups is 2. The standard InChI is InChI=1S/C33H50N2O2.2C2H4O2.Co/c1-9-22(5)26-16-28(32(36)30(18-26)24(7)11-3)20-34-14-13-15-35-21-29-17-27(23(6)10-2)19-31(33(29)37)25(8)12-4;2*1-2(3)4;/h16-25,36-37H,9-15H2,1-8H3;2*1H3,(H,3,4);/q;;;+2/p-2. The van der Waals surface area contributed by atoms with Crippen LogP contribution in [0.15, 0.2) is 34.3 Å². The van der Waals surface area contributed by atoms with Gasteiger partial charge in [0.1, 0.15) is 11.5 Å². The SMILES string of the molecule is CC(=O)[O-].CC(=O)[O-].CCC(C)c1cc(C=NCCCN=Cc2cc(C(C)CC)cc(C(C)CC)c2O)c(O)c(C(C)CC)c1.[Co+2]. The van der Waals surface area contributed by atoms with Crippen LogP contribution < -0.4 is 10.2 Å². The van der Waals surface area contributed by atoms with E-state index in [0.29, 0.717) is 48.3 Å². The number of rotatable bonds is 14. The van der Waals surface area contributed by atoms with Crippen LogP contribution in [-0.2, 0) is 26.4 Å². The topological polar surface area (TPSA) is 145 Å². The van der Waals surface area contributed by atoms with Gasteiger partial charge in [-0.15, -0.1) is 0 Å². The summed E-state index contributed by atoms with van der Waals surface area (Å²) in [5.74, 6) is 0.0546. The molecule has 0 aromatic heterocycles. The molecule has 4 unspecified atom stereocenters. The molecule has 0 spiro atoms. The molecular formula is C37H56CoN2O6. The minimum atomic E-state index is -1.08. The molecule has 2 N–H and O–H groups in total. The number of phenols is 2. The minimum Gasteiger partial charge on any atom is -0.550 e. The molecule has 9 heteroatoms. The second kappa shape index (κ2) is 24.1. The molecule has 259 valence electrons. The van der Waals surface area contributed by atoms with Crippen LogP contribution in [0.25, 0.3) is 0 Å². The Balaban J connectivity index is 0. The zero-order valence-electron chi connectivity index (χ0n) is 29.5. The van der Waals surface area contributed by atoms with Crippen LogP contribution in [0.2, 0.25) is 0 Å². The quantitative estimate of drug-likeness (QED) is 0.170. The van der Waals surface area contributed by atoms with E-state index in [1.165, 1.54) is 11.1 Å². The van der Waals surface area contributed by atoms with Gasteiger partial charge in [0.2, 0.25) is 0 Å². The smallest absolute Gasteiger partial charge is 0.550 e. The second-order valence-electron chi connectivity index (χ2n) is 11.7. The summed E-state index contributed by atoms with van der Waals surface area (Å²) in [6.07, 6.45) is 8.54. The van der Waals surface area contributed by atoms with Crippen LogP contribution in [0.3, 0.4) is 0 Å². The molecule has 2 aromatic carbocycles. The Hall–Kier alpha value is -3.17. The van der Waals surface area contributed by atoms with Gasteiger partial charge in [-0.2, -0.15) is 0 Å². The second-order valence-corrected chi connectivity index (χ2v) is 11.7. The molecule has 0 heterocycles. The summed E-state index contributed by atoms with van der Waals surface area (Å²) >= 11 is 0. The van der Waals surface area contributed by atoms with E-state index in [-0.39, 0.29) is 16.8 Å². The largest absolute Gasteiger partial charge is 2.00 e. The van der Waals surface area contributed by atoms with E-state index >= 15 is 0 Å². The Morgan fingerprint density at radius 1 is 0.652 bits per heavy atom. The van der Waals surface area contributed by atoms with Gasteiger partial charge in [0.25, 0.3) is 0 Å². The van der Waals surface area contributed by atoms with Gasteiger partial charge < -0.3 is 30.0 Å². The Morgan fingerprint density at radius 2 is 0.935 bits per heavy atom. The molecule has 0 saturated carbocycles. The van der Waals surface area contributed by atoms with Gasteiger partial charge in [-0.3, -0.25) is 9.98 Å². The van der Waals surface area contributed by atoms with E-state index in [1.807, 2.05) is 12.4 Å². The molecule has 0 aliphatic heterocycles. The first kappa shape index (κ1) is 45.0. The van der Waals surface area contributed by atoms with Crippen molar-refractivity contribution in [2.75, 3.05) is 13.1 Å². The van der Waals surface area contributed by atoms with Gasteiger partial charge >= 0.3 is 16.8 Å². The monoisotopic (exact) mass is 683 g/mol. The molecule has 0 bridgehead atoms. The third-order valence-corrected chi connectivity index (χ3v) is 8.07. The van der Waals surface area contributed by atoms with Crippen molar-refractivity contribution in [2.24, 2.45) is 9.98 Å². The van der Waals surface area contributed by atoms with Crippen molar-refractivity contribution in [3.8, 4) is 11.5 Å². The zero-order valence-corrected chi connectivity index (χ0v) is 30.5. The number of hydrogen-bond acceptors (Lipinski definition) is 8. The molecule has 2 aromatic rings. The molecule has 0 fully saturated rings. The molecule has 0 amide bonds.